The van der Waals surface area contributed by atoms with Crippen molar-refractivity contribution in [1.82, 2.24) is 4.98 Å². The standard InChI is InChI=1S/C13H23NO/c1-8-9-14-10(12(2,3)4)11(15-9)13(5,6)7/h8H2,1-7H3. The molecule has 1 aromatic heterocycles. The predicted molar refractivity (Wildman–Crippen MR) is 63.3 cm³/mol. The number of rotatable bonds is 1. The van der Waals surface area contributed by atoms with Crippen LogP contribution in [0.25, 0.3) is 0 Å². The summed E-state index contributed by atoms with van der Waals surface area (Å²) in [5.74, 6) is 1.89. The second kappa shape index (κ2) is 3.66. The third-order valence-corrected chi connectivity index (χ3v) is 2.37. The van der Waals surface area contributed by atoms with Gasteiger partial charge in [0.2, 0.25) is 0 Å². The number of aryl methyl sites for hydroxylation is 1. The molecule has 86 valence electrons. The maximum absolute atomic E-state index is 5.84. The molecule has 1 rings (SSSR count). The summed E-state index contributed by atoms with van der Waals surface area (Å²) in [7, 11) is 0. The summed E-state index contributed by atoms with van der Waals surface area (Å²) in [4.78, 5) is 4.60. The molecule has 1 aromatic rings. The number of aromatic nitrogens is 1. The van der Waals surface area contributed by atoms with Gasteiger partial charge in [0.25, 0.3) is 0 Å². The molecular formula is C13H23NO. The third kappa shape index (κ3) is 2.61. The summed E-state index contributed by atoms with van der Waals surface area (Å²) in [6.07, 6.45) is 0.860. The third-order valence-electron chi connectivity index (χ3n) is 2.37. The van der Waals surface area contributed by atoms with Crippen molar-refractivity contribution in [2.45, 2.75) is 65.7 Å². The van der Waals surface area contributed by atoms with Crippen LogP contribution in [-0.2, 0) is 17.3 Å². The Morgan fingerprint density at radius 1 is 1.00 bits per heavy atom. The van der Waals surface area contributed by atoms with Gasteiger partial charge in [-0.3, -0.25) is 0 Å². The lowest BCUT2D eigenvalue weighted by atomic mass is 9.83. The van der Waals surface area contributed by atoms with E-state index in [4.69, 9.17) is 4.42 Å². The van der Waals surface area contributed by atoms with E-state index < -0.39 is 0 Å². The van der Waals surface area contributed by atoms with E-state index in [1.54, 1.807) is 0 Å². The first-order chi connectivity index (χ1) is 6.66. The van der Waals surface area contributed by atoms with Gasteiger partial charge in [-0.25, -0.2) is 4.98 Å². The molecule has 0 unspecified atom stereocenters. The van der Waals surface area contributed by atoms with Crippen LogP contribution in [0.5, 0.6) is 0 Å². The molecule has 0 aliphatic rings. The van der Waals surface area contributed by atoms with Gasteiger partial charge in [0.05, 0.1) is 5.69 Å². The van der Waals surface area contributed by atoms with Crippen molar-refractivity contribution in [3.63, 3.8) is 0 Å². The molecule has 2 heteroatoms. The summed E-state index contributed by atoms with van der Waals surface area (Å²) >= 11 is 0. The first kappa shape index (κ1) is 12.3. The SMILES string of the molecule is CCc1nc(C(C)(C)C)c(C(C)(C)C)o1. The van der Waals surface area contributed by atoms with Crippen LogP contribution in [0.3, 0.4) is 0 Å². The van der Waals surface area contributed by atoms with Gasteiger partial charge in [-0.15, -0.1) is 0 Å². The van der Waals surface area contributed by atoms with Crippen LogP contribution >= 0.6 is 0 Å². The lowest BCUT2D eigenvalue weighted by Crippen LogP contribution is -2.20. The zero-order chi connectivity index (χ0) is 11.9. The fourth-order valence-corrected chi connectivity index (χ4v) is 1.53. The van der Waals surface area contributed by atoms with Gasteiger partial charge in [-0.2, -0.15) is 0 Å². The summed E-state index contributed by atoms with van der Waals surface area (Å²) in [6.45, 7) is 15.1. The average molecular weight is 209 g/mol. The highest BCUT2D eigenvalue weighted by molar-refractivity contribution is 5.24. The lowest BCUT2D eigenvalue weighted by Gasteiger charge is -2.22. The van der Waals surface area contributed by atoms with E-state index in [0.29, 0.717) is 0 Å². The van der Waals surface area contributed by atoms with Crippen LogP contribution in [0.2, 0.25) is 0 Å². The van der Waals surface area contributed by atoms with Crippen molar-refractivity contribution in [2.75, 3.05) is 0 Å². The fraction of sp³-hybridized carbons (Fsp3) is 0.769. The molecule has 0 N–H and O–H groups in total. The highest BCUT2D eigenvalue weighted by atomic mass is 16.4. The molecule has 0 saturated heterocycles. The Hall–Kier alpha value is -0.790. The number of hydrogen-bond donors (Lipinski definition) is 0. The molecule has 0 spiro atoms. The second-order valence-electron chi connectivity index (χ2n) is 6.14. The Kier molecular flexibility index (Phi) is 2.99. The van der Waals surface area contributed by atoms with Gasteiger partial charge in [0, 0.05) is 17.3 Å². The Bertz CT molecular complexity index is 305. The quantitative estimate of drug-likeness (QED) is 0.702. The average Bonchev–Trinajstić information content (AvgIpc) is 2.44. The van der Waals surface area contributed by atoms with Crippen molar-refractivity contribution >= 4 is 0 Å². The molecule has 0 radical (unpaired) electrons. The van der Waals surface area contributed by atoms with Crippen LogP contribution in [-0.4, -0.2) is 4.98 Å². The van der Waals surface area contributed by atoms with E-state index >= 15 is 0 Å². The van der Waals surface area contributed by atoms with Crippen LogP contribution in [0.1, 0.15) is 65.8 Å². The minimum atomic E-state index is 0.0308. The Morgan fingerprint density at radius 3 is 1.80 bits per heavy atom. The van der Waals surface area contributed by atoms with Gasteiger partial charge in [0.15, 0.2) is 5.89 Å². The minimum absolute atomic E-state index is 0.0308. The van der Waals surface area contributed by atoms with Crippen molar-refractivity contribution < 1.29 is 4.42 Å². The molecule has 2 nitrogen and oxygen atoms in total. The van der Waals surface area contributed by atoms with E-state index in [2.05, 4.69) is 53.5 Å². The minimum Gasteiger partial charge on any atom is -0.445 e. The van der Waals surface area contributed by atoms with Gasteiger partial charge < -0.3 is 4.42 Å². The van der Waals surface area contributed by atoms with Crippen molar-refractivity contribution in [1.29, 1.82) is 0 Å². The predicted octanol–water partition coefficient (Wildman–Crippen LogP) is 3.83. The molecule has 15 heavy (non-hydrogen) atoms. The molecule has 0 atom stereocenters. The monoisotopic (exact) mass is 209 g/mol. The summed E-state index contributed by atoms with van der Waals surface area (Å²) in [5, 5.41) is 0. The second-order valence-corrected chi connectivity index (χ2v) is 6.14. The highest BCUT2D eigenvalue weighted by Crippen LogP contribution is 2.34. The van der Waals surface area contributed by atoms with E-state index in [0.717, 1.165) is 23.8 Å². The van der Waals surface area contributed by atoms with Gasteiger partial charge in [0.1, 0.15) is 5.76 Å². The van der Waals surface area contributed by atoms with Crippen LogP contribution in [0.4, 0.5) is 0 Å². The summed E-state index contributed by atoms with van der Waals surface area (Å²) in [5.41, 5.74) is 1.19. The molecule has 0 aliphatic carbocycles. The molecule has 1 heterocycles. The van der Waals surface area contributed by atoms with Crippen LogP contribution < -0.4 is 0 Å². The lowest BCUT2D eigenvalue weighted by molar-refractivity contribution is 0.374. The number of oxazole rings is 1. The van der Waals surface area contributed by atoms with Gasteiger partial charge >= 0.3 is 0 Å². The Labute approximate surface area is 93.1 Å². The van der Waals surface area contributed by atoms with Crippen LogP contribution in [0, 0.1) is 0 Å². The number of hydrogen-bond acceptors (Lipinski definition) is 2. The Balaban J connectivity index is 3.31. The molecular weight excluding hydrogens is 186 g/mol. The largest absolute Gasteiger partial charge is 0.445 e. The molecule has 0 aliphatic heterocycles. The molecule has 0 aromatic carbocycles. The van der Waals surface area contributed by atoms with E-state index in [9.17, 15) is 0 Å². The smallest absolute Gasteiger partial charge is 0.194 e. The molecule has 0 bridgehead atoms. The highest BCUT2D eigenvalue weighted by Gasteiger charge is 2.31. The summed E-state index contributed by atoms with van der Waals surface area (Å²) < 4.78 is 5.84. The first-order valence-corrected chi connectivity index (χ1v) is 5.67. The van der Waals surface area contributed by atoms with E-state index in [1.165, 1.54) is 0 Å². The van der Waals surface area contributed by atoms with E-state index in [-0.39, 0.29) is 10.8 Å². The number of nitrogens with zero attached hydrogens (tertiary/aromatic N) is 1. The van der Waals surface area contributed by atoms with Gasteiger partial charge in [-0.05, 0) is 0 Å². The Morgan fingerprint density at radius 2 is 1.53 bits per heavy atom. The first-order valence-electron chi connectivity index (χ1n) is 5.67. The van der Waals surface area contributed by atoms with Crippen molar-refractivity contribution in [2.24, 2.45) is 0 Å². The van der Waals surface area contributed by atoms with Crippen LogP contribution in [0.15, 0.2) is 4.42 Å². The molecule has 0 fully saturated rings. The van der Waals surface area contributed by atoms with E-state index in [1.807, 2.05) is 0 Å². The fourth-order valence-electron chi connectivity index (χ4n) is 1.53. The zero-order valence-electron chi connectivity index (χ0n) is 11.1. The van der Waals surface area contributed by atoms with Gasteiger partial charge in [-0.1, -0.05) is 48.5 Å². The molecule has 0 saturated carbocycles. The molecule has 0 amide bonds. The van der Waals surface area contributed by atoms with Crippen molar-refractivity contribution in [3.05, 3.63) is 17.3 Å². The normalized spacial score (nSPS) is 13.3. The topological polar surface area (TPSA) is 26.0 Å². The summed E-state index contributed by atoms with van der Waals surface area (Å²) in [6, 6.07) is 0. The zero-order valence-corrected chi connectivity index (χ0v) is 11.1. The maximum atomic E-state index is 5.84. The van der Waals surface area contributed by atoms with Crippen molar-refractivity contribution in [3.8, 4) is 0 Å². The maximum Gasteiger partial charge on any atom is 0.194 e.